The van der Waals surface area contributed by atoms with Gasteiger partial charge in [-0.1, -0.05) is 26.7 Å². The van der Waals surface area contributed by atoms with Crippen molar-refractivity contribution >= 4 is 0 Å². The van der Waals surface area contributed by atoms with Crippen LogP contribution in [-0.2, 0) is 9.47 Å². The average Bonchev–Trinajstić information content (AvgIpc) is 2.85. The van der Waals surface area contributed by atoms with E-state index in [-0.39, 0.29) is 6.29 Å². The maximum Gasteiger partial charge on any atom is 0.158 e. The molecule has 1 heterocycles. The predicted octanol–water partition coefficient (Wildman–Crippen LogP) is 2.96. The molecule has 3 rings (SSSR count). The number of rotatable bonds is 3. The zero-order valence-electron chi connectivity index (χ0n) is 9.82. The molecule has 1 saturated heterocycles. The first-order chi connectivity index (χ1) is 7.33. The van der Waals surface area contributed by atoms with Gasteiger partial charge in [-0.05, 0) is 37.0 Å². The molecule has 0 aromatic rings. The van der Waals surface area contributed by atoms with Crippen LogP contribution < -0.4 is 0 Å². The van der Waals surface area contributed by atoms with Gasteiger partial charge in [0.05, 0.1) is 12.2 Å². The molecule has 3 aliphatic rings. The minimum Gasteiger partial charge on any atom is -0.346 e. The third kappa shape index (κ3) is 1.45. The van der Waals surface area contributed by atoms with Crippen molar-refractivity contribution in [3.05, 3.63) is 0 Å². The van der Waals surface area contributed by atoms with Crippen LogP contribution in [0.3, 0.4) is 0 Å². The van der Waals surface area contributed by atoms with Gasteiger partial charge in [0.2, 0.25) is 0 Å². The summed E-state index contributed by atoms with van der Waals surface area (Å²) in [5.74, 6) is 2.54. The van der Waals surface area contributed by atoms with Crippen molar-refractivity contribution in [2.45, 2.75) is 64.4 Å². The number of hydrogen-bond acceptors (Lipinski definition) is 2. The molecular weight excluding hydrogens is 188 g/mol. The summed E-state index contributed by atoms with van der Waals surface area (Å²) in [6.45, 7) is 4.52. The molecule has 6 unspecified atom stereocenters. The smallest absolute Gasteiger partial charge is 0.158 e. The van der Waals surface area contributed by atoms with Gasteiger partial charge in [0, 0.05) is 0 Å². The lowest BCUT2D eigenvalue weighted by Crippen LogP contribution is -2.34. The fraction of sp³-hybridized carbons (Fsp3) is 1.00. The summed E-state index contributed by atoms with van der Waals surface area (Å²) in [4.78, 5) is 0. The van der Waals surface area contributed by atoms with Crippen molar-refractivity contribution in [1.29, 1.82) is 0 Å². The third-order valence-electron chi connectivity index (χ3n) is 4.66. The Morgan fingerprint density at radius 1 is 1.07 bits per heavy atom. The molecule has 2 saturated carbocycles. The van der Waals surface area contributed by atoms with Crippen molar-refractivity contribution in [1.82, 2.24) is 0 Å². The van der Waals surface area contributed by atoms with Crippen molar-refractivity contribution in [3.8, 4) is 0 Å². The predicted molar refractivity (Wildman–Crippen MR) is 58.4 cm³/mol. The third-order valence-corrected chi connectivity index (χ3v) is 4.66. The van der Waals surface area contributed by atoms with E-state index in [1.54, 1.807) is 0 Å². The minimum absolute atomic E-state index is 0.117. The summed E-state index contributed by atoms with van der Waals surface area (Å²) in [7, 11) is 0. The van der Waals surface area contributed by atoms with Gasteiger partial charge in [-0.25, -0.2) is 0 Å². The van der Waals surface area contributed by atoms with Gasteiger partial charge in [0.1, 0.15) is 0 Å². The zero-order valence-corrected chi connectivity index (χ0v) is 9.82. The molecule has 3 fully saturated rings. The highest BCUT2D eigenvalue weighted by atomic mass is 16.7. The fourth-order valence-electron chi connectivity index (χ4n) is 3.98. The summed E-state index contributed by atoms with van der Waals surface area (Å²) in [6, 6.07) is 0. The van der Waals surface area contributed by atoms with Gasteiger partial charge in [-0.3, -0.25) is 0 Å². The van der Waals surface area contributed by atoms with Gasteiger partial charge in [-0.2, -0.15) is 0 Å². The highest BCUT2D eigenvalue weighted by molar-refractivity contribution is 5.04. The highest BCUT2D eigenvalue weighted by Crippen LogP contribution is 2.54. The minimum atomic E-state index is 0.117. The largest absolute Gasteiger partial charge is 0.346 e. The normalized spacial score (nSPS) is 52.4. The lowest BCUT2D eigenvalue weighted by atomic mass is 9.84. The average molecular weight is 210 g/mol. The van der Waals surface area contributed by atoms with Crippen LogP contribution in [0.5, 0.6) is 0 Å². The van der Waals surface area contributed by atoms with E-state index >= 15 is 0 Å². The molecule has 86 valence electrons. The maximum absolute atomic E-state index is 6.07. The van der Waals surface area contributed by atoms with Crippen LogP contribution in [0.2, 0.25) is 0 Å². The summed E-state index contributed by atoms with van der Waals surface area (Å²) in [5.41, 5.74) is 0. The molecule has 0 aromatic heterocycles. The summed E-state index contributed by atoms with van der Waals surface area (Å²) in [5, 5.41) is 0. The topological polar surface area (TPSA) is 18.5 Å². The Balaban J connectivity index is 1.69. The fourth-order valence-corrected chi connectivity index (χ4v) is 3.98. The Labute approximate surface area is 92.3 Å². The van der Waals surface area contributed by atoms with E-state index in [1.807, 2.05) is 0 Å². The van der Waals surface area contributed by atoms with Crippen LogP contribution in [0, 0.1) is 17.8 Å². The molecular formula is C13H22O2. The van der Waals surface area contributed by atoms with E-state index in [1.165, 1.54) is 19.3 Å². The highest BCUT2D eigenvalue weighted by Gasteiger charge is 2.57. The molecule has 0 aromatic carbocycles. The van der Waals surface area contributed by atoms with Gasteiger partial charge in [-0.15, -0.1) is 0 Å². The molecule has 2 aliphatic carbocycles. The van der Waals surface area contributed by atoms with Crippen molar-refractivity contribution in [2.75, 3.05) is 0 Å². The molecule has 2 nitrogen and oxygen atoms in total. The Morgan fingerprint density at radius 3 is 2.60 bits per heavy atom. The summed E-state index contributed by atoms with van der Waals surface area (Å²) >= 11 is 0. The van der Waals surface area contributed by atoms with Crippen molar-refractivity contribution in [3.63, 3.8) is 0 Å². The first-order valence-electron chi connectivity index (χ1n) is 6.64. The van der Waals surface area contributed by atoms with Crippen molar-refractivity contribution < 1.29 is 9.47 Å². The number of fused-ring (bicyclic) bond motifs is 5. The Morgan fingerprint density at radius 2 is 1.87 bits per heavy atom. The van der Waals surface area contributed by atoms with Crippen molar-refractivity contribution in [2.24, 2.45) is 17.8 Å². The zero-order chi connectivity index (χ0) is 10.4. The number of ether oxygens (including phenoxy) is 2. The Bertz CT molecular complexity index is 239. The number of hydrogen-bond donors (Lipinski definition) is 0. The molecule has 6 atom stereocenters. The standard InChI is InChI=1S/C13H22O2/c1-3-5-11-14-12-9-6-8(4-2)10(7-9)13(12)15-11/h8-13H,3-7H2,1-2H3. The maximum atomic E-state index is 6.07. The molecule has 0 N–H and O–H groups in total. The molecule has 2 bridgehead atoms. The van der Waals surface area contributed by atoms with Crippen LogP contribution >= 0.6 is 0 Å². The Hall–Kier alpha value is -0.0800. The van der Waals surface area contributed by atoms with Gasteiger partial charge in [0.25, 0.3) is 0 Å². The molecule has 2 heteroatoms. The lowest BCUT2D eigenvalue weighted by molar-refractivity contribution is -0.0856. The Kier molecular flexibility index (Phi) is 2.52. The molecule has 1 aliphatic heterocycles. The van der Waals surface area contributed by atoms with Crippen LogP contribution in [-0.4, -0.2) is 18.5 Å². The van der Waals surface area contributed by atoms with E-state index in [0.29, 0.717) is 12.2 Å². The first kappa shape index (κ1) is 10.1. The lowest BCUT2D eigenvalue weighted by Gasteiger charge is -2.28. The summed E-state index contributed by atoms with van der Waals surface area (Å²) < 4.78 is 12.1. The van der Waals surface area contributed by atoms with E-state index in [0.717, 1.165) is 30.6 Å². The first-order valence-corrected chi connectivity index (χ1v) is 6.64. The van der Waals surface area contributed by atoms with Crippen LogP contribution in [0.1, 0.15) is 46.0 Å². The second kappa shape index (κ2) is 3.74. The van der Waals surface area contributed by atoms with Crippen LogP contribution in [0.15, 0.2) is 0 Å². The van der Waals surface area contributed by atoms with E-state index < -0.39 is 0 Å². The second-order valence-corrected chi connectivity index (χ2v) is 5.48. The van der Waals surface area contributed by atoms with Crippen LogP contribution in [0.4, 0.5) is 0 Å². The molecule has 0 spiro atoms. The van der Waals surface area contributed by atoms with E-state index in [9.17, 15) is 0 Å². The van der Waals surface area contributed by atoms with Crippen LogP contribution in [0.25, 0.3) is 0 Å². The quantitative estimate of drug-likeness (QED) is 0.713. The summed E-state index contributed by atoms with van der Waals surface area (Å²) in [6.07, 6.45) is 7.34. The van der Waals surface area contributed by atoms with Gasteiger partial charge in [0.15, 0.2) is 6.29 Å². The molecule has 0 amide bonds. The SMILES string of the molecule is CCCC1OC2C3CC(CC)C(C3)C2O1. The van der Waals surface area contributed by atoms with Gasteiger partial charge >= 0.3 is 0 Å². The molecule has 15 heavy (non-hydrogen) atoms. The molecule has 0 radical (unpaired) electrons. The van der Waals surface area contributed by atoms with E-state index in [2.05, 4.69) is 13.8 Å². The monoisotopic (exact) mass is 210 g/mol. The van der Waals surface area contributed by atoms with E-state index in [4.69, 9.17) is 9.47 Å². The van der Waals surface area contributed by atoms with Gasteiger partial charge < -0.3 is 9.47 Å². The second-order valence-electron chi connectivity index (χ2n) is 5.48.